The fraction of sp³-hybridized carbons (Fsp3) is 0.200. The van der Waals surface area contributed by atoms with Crippen molar-refractivity contribution in [2.75, 3.05) is 5.32 Å². The van der Waals surface area contributed by atoms with Crippen molar-refractivity contribution in [2.45, 2.75) is 27.4 Å². The minimum atomic E-state index is -0.312. The third kappa shape index (κ3) is 4.08. The molecule has 0 aliphatic heterocycles. The summed E-state index contributed by atoms with van der Waals surface area (Å²) in [5.74, 6) is 0.0650. The van der Waals surface area contributed by atoms with Gasteiger partial charge < -0.3 is 10.1 Å². The molecule has 0 spiro atoms. The van der Waals surface area contributed by atoms with Crippen LogP contribution in [-0.2, 0) is 6.61 Å². The fourth-order valence-electron chi connectivity index (χ4n) is 2.47. The summed E-state index contributed by atoms with van der Waals surface area (Å²) in [6, 6.07) is 11.6. The van der Waals surface area contributed by atoms with Crippen molar-refractivity contribution in [3.63, 3.8) is 0 Å². The first kappa shape index (κ1) is 18.1. The van der Waals surface area contributed by atoms with Crippen molar-refractivity contribution in [1.29, 1.82) is 0 Å². The number of carbonyl (C=O) groups excluding carboxylic acids is 1. The third-order valence-corrected chi connectivity index (χ3v) is 5.21. The molecule has 0 saturated heterocycles. The lowest BCUT2D eigenvalue weighted by Crippen LogP contribution is -2.12. The largest absolute Gasteiger partial charge is 0.486 e. The second-order valence-corrected chi connectivity index (χ2v) is 7.05. The molecule has 4 nitrogen and oxygen atoms in total. The zero-order valence-corrected chi connectivity index (χ0v) is 15.6. The Balaban J connectivity index is 1.70. The molecule has 0 unspecified atom stereocenters. The average molecular weight is 370 g/mol. The number of rotatable bonds is 5. The molecule has 26 heavy (non-hydrogen) atoms. The number of benzene rings is 2. The van der Waals surface area contributed by atoms with E-state index in [-0.39, 0.29) is 18.3 Å². The molecule has 0 fully saturated rings. The zero-order chi connectivity index (χ0) is 18.7. The van der Waals surface area contributed by atoms with Crippen LogP contribution in [0.1, 0.15) is 31.5 Å². The van der Waals surface area contributed by atoms with E-state index in [9.17, 15) is 9.18 Å². The van der Waals surface area contributed by atoms with Gasteiger partial charge in [-0.2, -0.15) is 0 Å². The van der Waals surface area contributed by atoms with Gasteiger partial charge in [0.2, 0.25) is 0 Å². The van der Waals surface area contributed by atoms with Gasteiger partial charge in [-0.25, -0.2) is 9.37 Å². The molecule has 3 aromatic rings. The Bertz CT molecular complexity index is 935. The summed E-state index contributed by atoms with van der Waals surface area (Å²) in [5, 5.41) is 3.64. The van der Waals surface area contributed by atoms with Gasteiger partial charge in [0, 0.05) is 5.69 Å². The number of amides is 1. The molecule has 0 radical (unpaired) electrons. The minimum absolute atomic E-state index is 0.179. The van der Waals surface area contributed by atoms with Gasteiger partial charge in [0.25, 0.3) is 5.91 Å². The van der Waals surface area contributed by atoms with E-state index in [1.807, 2.05) is 32.0 Å². The molecule has 0 saturated carbocycles. The molecule has 0 aliphatic rings. The Morgan fingerprint density at radius 3 is 2.62 bits per heavy atom. The van der Waals surface area contributed by atoms with Crippen LogP contribution in [-0.4, -0.2) is 10.9 Å². The highest BCUT2D eigenvalue weighted by molar-refractivity contribution is 7.13. The van der Waals surface area contributed by atoms with E-state index in [2.05, 4.69) is 10.3 Å². The van der Waals surface area contributed by atoms with Crippen LogP contribution in [0.3, 0.4) is 0 Å². The van der Waals surface area contributed by atoms with Crippen molar-refractivity contribution < 1.29 is 13.9 Å². The second kappa shape index (κ2) is 7.66. The number of aryl methyl sites for hydroxylation is 2. The number of halogens is 1. The summed E-state index contributed by atoms with van der Waals surface area (Å²) in [5.41, 5.74) is 3.63. The van der Waals surface area contributed by atoms with Crippen molar-refractivity contribution >= 4 is 22.9 Å². The Labute approximate surface area is 155 Å². The normalized spacial score (nSPS) is 10.6. The lowest BCUT2D eigenvalue weighted by Gasteiger charge is -2.09. The number of nitrogens with one attached hydrogen (secondary N) is 1. The van der Waals surface area contributed by atoms with Crippen LogP contribution in [0.2, 0.25) is 0 Å². The molecule has 0 aliphatic carbocycles. The van der Waals surface area contributed by atoms with Gasteiger partial charge in [-0.3, -0.25) is 4.79 Å². The van der Waals surface area contributed by atoms with Gasteiger partial charge in [0.05, 0.1) is 5.69 Å². The number of thiazole rings is 1. The topological polar surface area (TPSA) is 51.2 Å². The number of carbonyl (C=O) groups is 1. The number of ether oxygens (including phenoxy) is 1. The quantitative estimate of drug-likeness (QED) is 0.685. The Morgan fingerprint density at radius 2 is 1.88 bits per heavy atom. The van der Waals surface area contributed by atoms with Gasteiger partial charge in [-0.15, -0.1) is 11.3 Å². The lowest BCUT2D eigenvalue weighted by molar-refractivity contribution is 0.102. The fourth-order valence-corrected chi connectivity index (χ4v) is 3.34. The highest BCUT2D eigenvalue weighted by Crippen LogP contribution is 2.24. The van der Waals surface area contributed by atoms with Crippen molar-refractivity contribution in [1.82, 2.24) is 4.98 Å². The molecular weight excluding hydrogens is 351 g/mol. The number of aromatic nitrogens is 1. The maximum Gasteiger partial charge on any atom is 0.267 e. The Morgan fingerprint density at radius 1 is 1.15 bits per heavy atom. The Kier molecular flexibility index (Phi) is 5.32. The summed E-state index contributed by atoms with van der Waals surface area (Å²) in [6.45, 7) is 6.02. The van der Waals surface area contributed by atoms with Crippen LogP contribution in [0.4, 0.5) is 10.1 Å². The molecule has 1 amide bonds. The van der Waals surface area contributed by atoms with E-state index in [1.165, 1.54) is 23.5 Å². The molecule has 0 atom stereocenters. The monoisotopic (exact) mass is 370 g/mol. The van der Waals surface area contributed by atoms with Crippen LogP contribution in [0.5, 0.6) is 5.75 Å². The summed E-state index contributed by atoms with van der Waals surface area (Å²) in [7, 11) is 0. The number of nitrogens with zero attached hydrogens (tertiary/aromatic N) is 1. The first-order valence-corrected chi connectivity index (χ1v) is 8.98. The zero-order valence-electron chi connectivity index (χ0n) is 14.8. The summed E-state index contributed by atoms with van der Waals surface area (Å²) in [6.07, 6.45) is 0. The number of anilines is 1. The van der Waals surface area contributed by atoms with Gasteiger partial charge in [0.1, 0.15) is 28.1 Å². The number of hydrogen-bond donors (Lipinski definition) is 1. The molecule has 2 aromatic carbocycles. The molecule has 1 aromatic heterocycles. The molecule has 3 rings (SSSR count). The minimum Gasteiger partial charge on any atom is -0.486 e. The first-order valence-electron chi connectivity index (χ1n) is 8.16. The summed E-state index contributed by atoms with van der Waals surface area (Å²) >= 11 is 1.30. The van der Waals surface area contributed by atoms with E-state index >= 15 is 0 Å². The van der Waals surface area contributed by atoms with Crippen molar-refractivity contribution in [2.24, 2.45) is 0 Å². The maximum atomic E-state index is 12.9. The van der Waals surface area contributed by atoms with Gasteiger partial charge in [0.15, 0.2) is 0 Å². The smallest absolute Gasteiger partial charge is 0.267 e. The second-order valence-electron chi connectivity index (χ2n) is 5.97. The van der Waals surface area contributed by atoms with E-state index in [1.54, 1.807) is 19.1 Å². The van der Waals surface area contributed by atoms with Crippen molar-refractivity contribution in [3.8, 4) is 5.75 Å². The van der Waals surface area contributed by atoms with Crippen LogP contribution in [0.15, 0.2) is 42.5 Å². The van der Waals surface area contributed by atoms with Crippen LogP contribution in [0.25, 0.3) is 0 Å². The van der Waals surface area contributed by atoms with Gasteiger partial charge in [-0.1, -0.05) is 12.1 Å². The highest BCUT2D eigenvalue weighted by atomic mass is 32.1. The average Bonchev–Trinajstić information content (AvgIpc) is 2.99. The van der Waals surface area contributed by atoms with Crippen molar-refractivity contribution in [3.05, 3.63) is 75.0 Å². The van der Waals surface area contributed by atoms with E-state index in [4.69, 9.17) is 4.74 Å². The highest BCUT2D eigenvalue weighted by Gasteiger charge is 2.16. The summed E-state index contributed by atoms with van der Waals surface area (Å²) < 4.78 is 18.5. The Hall–Kier alpha value is -2.73. The maximum absolute atomic E-state index is 12.9. The molecule has 134 valence electrons. The third-order valence-electron chi connectivity index (χ3n) is 4.08. The predicted molar refractivity (Wildman–Crippen MR) is 101 cm³/mol. The first-order chi connectivity index (χ1) is 12.4. The van der Waals surface area contributed by atoms with E-state index in [0.717, 1.165) is 16.8 Å². The van der Waals surface area contributed by atoms with Crippen LogP contribution < -0.4 is 10.1 Å². The predicted octanol–water partition coefficient (Wildman–Crippen LogP) is 5.04. The van der Waals surface area contributed by atoms with Crippen LogP contribution >= 0.6 is 11.3 Å². The summed E-state index contributed by atoms with van der Waals surface area (Å²) in [4.78, 5) is 17.6. The van der Waals surface area contributed by atoms with E-state index < -0.39 is 0 Å². The SMILES string of the molecule is Cc1cccc(NC(=O)c2sc(COc3ccc(F)cc3)nc2C)c1C. The van der Waals surface area contributed by atoms with Crippen LogP contribution in [0, 0.1) is 26.6 Å². The molecule has 1 N–H and O–H groups in total. The van der Waals surface area contributed by atoms with Gasteiger partial charge in [-0.05, 0) is 62.2 Å². The standard InChI is InChI=1S/C20H19FN2O2S/c1-12-5-4-6-17(13(12)2)23-20(24)19-14(3)22-18(26-19)11-25-16-9-7-15(21)8-10-16/h4-10H,11H2,1-3H3,(H,23,24). The molecule has 0 bridgehead atoms. The molecular formula is C20H19FN2O2S. The lowest BCUT2D eigenvalue weighted by atomic mass is 10.1. The molecule has 6 heteroatoms. The van der Waals surface area contributed by atoms with Gasteiger partial charge >= 0.3 is 0 Å². The van der Waals surface area contributed by atoms with E-state index in [0.29, 0.717) is 21.3 Å². The molecule has 1 heterocycles. The number of hydrogen-bond acceptors (Lipinski definition) is 4.